The van der Waals surface area contributed by atoms with Crippen molar-refractivity contribution in [3.05, 3.63) is 17.7 Å². The van der Waals surface area contributed by atoms with Crippen molar-refractivity contribution >= 4 is 11.4 Å². The highest BCUT2D eigenvalue weighted by molar-refractivity contribution is 5.63. The van der Waals surface area contributed by atoms with Gasteiger partial charge in [0.1, 0.15) is 0 Å². The molecule has 0 spiro atoms. The normalized spacial score (nSPS) is 17.0. The van der Waals surface area contributed by atoms with E-state index in [1.54, 1.807) is 0 Å². The molecule has 0 saturated heterocycles. The summed E-state index contributed by atoms with van der Waals surface area (Å²) in [5.74, 6) is -0.174. The molecule has 2 rings (SSSR count). The van der Waals surface area contributed by atoms with Crippen LogP contribution in [0.5, 0.6) is 0 Å². The molecule has 1 fully saturated rings. The van der Waals surface area contributed by atoms with E-state index in [2.05, 4.69) is 4.98 Å². The van der Waals surface area contributed by atoms with Crippen molar-refractivity contribution in [1.29, 1.82) is 0 Å². The summed E-state index contributed by atoms with van der Waals surface area (Å²) in [5.41, 5.74) is 11.6. The molecule has 1 aromatic rings. The zero-order valence-electron chi connectivity index (χ0n) is 7.26. The molecular weight excluding hydrogens is 169 g/mol. The zero-order chi connectivity index (χ0) is 9.42. The molecule has 0 radical (unpaired) electrons. The quantitative estimate of drug-likeness (QED) is 0.692. The van der Waals surface area contributed by atoms with Crippen LogP contribution in [0.15, 0.2) is 6.20 Å². The third-order valence-electron chi connectivity index (χ3n) is 2.61. The number of nitrogen functional groups attached to an aromatic ring is 2. The first kappa shape index (κ1) is 8.29. The van der Waals surface area contributed by atoms with E-state index < -0.39 is 5.82 Å². The van der Waals surface area contributed by atoms with Crippen molar-refractivity contribution in [2.45, 2.75) is 25.2 Å². The van der Waals surface area contributed by atoms with Crippen LogP contribution in [0.2, 0.25) is 0 Å². The second-order valence-electron chi connectivity index (χ2n) is 3.45. The van der Waals surface area contributed by atoms with Gasteiger partial charge in [-0.15, -0.1) is 0 Å². The number of anilines is 2. The summed E-state index contributed by atoms with van der Waals surface area (Å²) < 4.78 is 13.5. The smallest absolute Gasteiger partial charge is 0.169 e. The van der Waals surface area contributed by atoms with E-state index in [-0.39, 0.29) is 17.3 Å². The predicted molar refractivity (Wildman–Crippen MR) is 49.6 cm³/mol. The van der Waals surface area contributed by atoms with Crippen LogP contribution in [0.4, 0.5) is 15.8 Å². The number of hydrogen-bond acceptors (Lipinski definition) is 3. The third-order valence-corrected chi connectivity index (χ3v) is 2.61. The molecule has 4 N–H and O–H groups in total. The van der Waals surface area contributed by atoms with Crippen LogP contribution in [-0.4, -0.2) is 4.98 Å². The minimum absolute atomic E-state index is 0.0388. The average molecular weight is 181 g/mol. The monoisotopic (exact) mass is 181 g/mol. The number of hydrogen-bond donors (Lipinski definition) is 2. The fourth-order valence-electron chi connectivity index (χ4n) is 1.50. The van der Waals surface area contributed by atoms with E-state index in [4.69, 9.17) is 11.5 Å². The third kappa shape index (κ3) is 1.22. The summed E-state index contributed by atoms with van der Waals surface area (Å²) in [4.78, 5) is 3.98. The van der Waals surface area contributed by atoms with E-state index in [1.807, 2.05) is 0 Å². The van der Waals surface area contributed by atoms with Crippen LogP contribution < -0.4 is 11.5 Å². The molecule has 0 aliphatic heterocycles. The minimum Gasteiger partial charge on any atom is -0.396 e. The van der Waals surface area contributed by atoms with Crippen molar-refractivity contribution in [2.75, 3.05) is 11.5 Å². The molecule has 1 saturated carbocycles. The summed E-state index contributed by atoms with van der Waals surface area (Å²) in [6, 6.07) is 0. The summed E-state index contributed by atoms with van der Waals surface area (Å²) in [5, 5.41) is 0. The van der Waals surface area contributed by atoms with Gasteiger partial charge in [0.15, 0.2) is 5.82 Å². The Hall–Kier alpha value is -1.32. The fourth-order valence-corrected chi connectivity index (χ4v) is 1.50. The van der Waals surface area contributed by atoms with Crippen molar-refractivity contribution in [3.63, 3.8) is 0 Å². The van der Waals surface area contributed by atoms with Crippen LogP contribution in [0.25, 0.3) is 0 Å². The maximum absolute atomic E-state index is 13.5. The lowest BCUT2D eigenvalue weighted by Gasteiger charge is -2.25. The molecule has 0 aromatic carbocycles. The van der Waals surface area contributed by atoms with Gasteiger partial charge in [0.25, 0.3) is 0 Å². The van der Waals surface area contributed by atoms with E-state index in [1.165, 1.54) is 6.20 Å². The Balaban J connectivity index is 2.41. The van der Waals surface area contributed by atoms with Gasteiger partial charge in [0.2, 0.25) is 0 Å². The number of aromatic nitrogens is 1. The number of rotatable bonds is 1. The van der Waals surface area contributed by atoms with E-state index >= 15 is 0 Å². The van der Waals surface area contributed by atoms with E-state index in [0.29, 0.717) is 5.69 Å². The van der Waals surface area contributed by atoms with Crippen LogP contribution in [0.3, 0.4) is 0 Å². The standard InChI is InChI=1S/C9H12FN3/c10-7-8(12)6(11)4-13-9(7)5-2-1-3-5/h4-5H,1-3,11H2,(H2,12,13). The molecule has 0 bridgehead atoms. The molecule has 70 valence electrons. The Morgan fingerprint density at radius 1 is 1.38 bits per heavy atom. The van der Waals surface area contributed by atoms with Crippen LogP contribution in [0, 0.1) is 5.82 Å². The summed E-state index contributed by atoms with van der Waals surface area (Å²) in [7, 11) is 0. The second kappa shape index (κ2) is 2.87. The highest BCUT2D eigenvalue weighted by atomic mass is 19.1. The van der Waals surface area contributed by atoms with Crippen molar-refractivity contribution in [1.82, 2.24) is 4.98 Å². The molecule has 3 nitrogen and oxygen atoms in total. The van der Waals surface area contributed by atoms with Gasteiger partial charge >= 0.3 is 0 Å². The van der Waals surface area contributed by atoms with Crippen molar-refractivity contribution < 1.29 is 4.39 Å². The SMILES string of the molecule is Nc1cnc(C2CCC2)c(F)c1N. The Kier molecular flexibility index (Phi) is 1.83. The molecule has 4 heteroatoms. The number of nitrogens with two attached hydrogens (primary N) is 2. The average Bonchev–Trinajstić information content (AvgIpc) is 2.03. The molecule has 1 heterocycles. The number of halogens is 1. The predicted octanol–water partition coefficient (Wildman–Crippen LogP) is 1.65. The maximum Gasteiger partial charge on any atom is 0.169 e. The number of nitrogens with zero attached hydrogens (tertiary/aromatic N) is 1. The molecule has 1 aromatic heterocycles. The van der Waals surface area contributed by atoms with Gasteiger partial charge in [-0.3, -0.25) is 4.98 Å². The Morgan fingerprint density at radius 2 is 2.08 bits per heavy atom. The second-order valence-corrected chi connectivity index (χ2v) is 3.45. The van der Waals surface area contributed by atoms with Crippen LogP contribution in [0.1, 0.15) is 30.9 Å². The molecule has 0 amide bonds. The number of pyridine rings is 1. The van der Waals surface area contributed by atoms with Gasteiger partial charge in [0, 0.05) is 5.92 Å². The molecular formula is C9H12FN3. The summed E-state index contributed by atoms with van der Waals surface area (Å²) in [6.07, 6.45) is 4.60. The first-order valence-electron chi connectivity index (χ1n) is 4.39. The van der Waals surface area contributed by atoms with E-state index in [9.17, 15) is 4.39 Å². The van der Waals surface area contributed by atoms with Crippen LogP contribution in [-0.2, 0) is 0 Å². The van der Waals surface area contributed by atoms with E-state index in [0.717, 1.165) is 19.3 Å². The van der Waals surface area contributed by atoms with Gasteiger partial charge in [0.05, 0.1) is 23.3 Å². The fraction of sp³-hybridized carbons (Fsp3) is 0.444. The van der Waals surface area contributed by atoms with Gasteiger partial charge < -0.3 is 11.5 Å². The van der Waals surface area contributed by atoms with Crippen molar-refractivity contribution in [3.8, 4) is 0 Å². The Labute approximate surface area is 76.0 Å². The lowest BCUT2D eigenvalue weighted by atomic mass is 9.82. The first-order valence-corrected chi connectivity index (χ1v) is 4.39. The highest BCUT2D eigenvalue weighted by Crippen LogP contribution is 2.38. The van der Waals surface area contributed by atoms with Gasteiger partial charge in [-0.1, -0.05) is 6.42 Å². The van der Waals surface area contributed by atoms with Gasteiger partial charge in [-0.25, -0.2) is 4.39 Å². The first-order chi connectivity index (χ1) is 6.20. The largest absolute Gasteiger partial charge is 0.396 e. The topological polar surface area (TPSA) is 64.9 Å². The molecule has 0 atom stereocenters. The molecule has 1 aliphatic rings. The molecule has 0 unspecified atom stereocenters. The summed E-state index contributed by atoms with van der Waals surface area (Å²) in [6.45, 7) is 0. The Bertz CT molecular complexity index is 334. The van der Waals surface area contributed by atoms with Gasteiger partial charge in [-0.05, 0) is 12.8 Å². The lowest BCUT2D eigenvalue weighted by molar-refractivity contribution is 0.395. The lowest BCUT2D eigenvalue weighted by Crippen LogP contribution is -2.14. The Morgan fingerprint density at radius 3 is 2.62 bits per heavy atom. The zero-order valence-corrected chi connectivity index (χ0v) is 7.26. The highest BCUT2D eigenvalue weighted by Gasteiger charge is 2.25. The minimum atomic E-state index is -0.426. The van der Waals surface area contributed by atoms with Crippen LogP contribution >= 0.6 is 0 Å². The molecule has 1 aliphatic carbocycles. The van der Waals surface area contributed by atoms with Crippen molar-refractivity contribution in [2.24, 2.45) is 0 Å². The molecule has 13 heavy (non-hydrogen) atoms. The van der Waals surface area contributed by atoms with Gasteiger partial charge in [-0.2, -0.15) is 0 Å². The summed E-state index contributed by atoms with van der Waals surface area (Å²) >= 11 is 0. The maximum atomic E-state index is 13.5.